The van der Waals surface area contributed by atoms with Gasteiger partial charge in [-0.2, -0.15) is 0 Å². The van der Waals surface area contributed by atoms with Gasteiger partial charge in [0.25, 0.3) is 0 Å². The van der Waals surface area contributed by atoms with E-state index in [4.69, 9.17) is 32.7 Å². The molecule has 0 bridgehead atoms. The van der Waals surface area contributed by atoms with Gasteiger partial charge in [0.2, 0.25) is 0 Å². The SMILES string of the molecule is COc1cc(CNC(C)(C)CO)c(Cl)cc1OCc1c(F)cccc1Cl. The Kier molecular flexibility index (Phi) is 7.12. The van der Waals surface area contributed by atoms with Gasteiger partial charge in [-0.15, -0.1) is 0 Å². The number of ether oxygens (including phenoxy) is 2. The number of hydrogen-bond donors (Lipinski definition) is 2. The van der Waals surface area contributed by atoms with Gasteiger partial charge in [0, 0.05) is 28.7 Å². The average Bonchev–Trinajstić information content (AvgIpc) is 2.60. The normalized spacial score (nSPS) is 11.5. The molecule has 2 N–H and O–H groups in total. The summed E-state index contributed by atoms with van der Waals surface area (Å²) in [6.45, 7) is 4.16. The van der Waals surface area contributed by atoms with Crippen molar-refractivity contribution >= 4 is 23.2 Å². The topological polar surface area (TPSA) is 50.7 Å². The van der Waals surface area contributed by atoms with Gasteiger partial charge >= 0.3 is 0 Å². The Hall–Kier alpha value is -1.53. The Labute approximate surface area is 162 Å². The van der Waals surface area contributed by atoms with Crippen LogP contribution in [0.2, 0.25) is 10.0 Å². The summed E-state index contributed by atoms with van der Waals surface area (Å²) in [6, 6.07) is 7.84. The number of hydrogen-bond acceptors (Lipinski definition) is 4. The van der Waals surface area contributed by atoms with Crippen LogP contribution < -0.4 is 14.8 Å². The van der Waals surface area contributed by atoms with E-state index in [1.165, 1.54) is 19.2 Å². The summed E-state index contributed by atoms with van der Waals surface area (Å²) in [6.07, 6.45) is 0. The largest absolute Gasteiger partial charge is 0.493 e. The molecule has 0 unspecified atom stereocenters. The molecule has 26 heavy (non-hydrogen) atoms. The quantitative estimate of drug-likeness (QED) is 0.679. The van der Waals surface area contributed by atoms with Gasteiger partial charge in [0.1, 0.15) is 12.4 Å². The fraction of sp³-hybridized carbons (Fsp3) is 0.368. The van der Waals surface area contributed by atoms with Crippen LogP contribution in [0.5, 0.6) is 11.5 Å². The zero-order valence-corrected chi connectivity index (χ0v) is 16.4. The lowest BCUT2D eigenvalue weighted by molar-refractivity contribution is 0.187. The Morgan fingerprint density at radius 3 is 2.50 bits per heavy atom. The molecular formula is C19H22Cl2FNO3. The first-order chi connectivity index (χ1) is 12.3. The highest BCUT2D eigenvalue weighted by atomic mass is 35.5. The zero-order chi connectivity index (χ0) is 19.3. The second-order valence-corrected chi connectivity index (χ2v) is 7.29. The Balaban J connectivity index is 2.18. The number of aliphatic hydroxyl groups excluding tert-OH is 1. The van der Waals surface area contributed by atoms with Gasteiger partial charge in [-0.1, -0.05) is 29.3 Å². The van der Waals surface area contributed by atoms with E-state index in [0.29, 0.717) is 28.1 Å². The highest BCUT2D eigenvalue weighted by Crippen LogP contribution is 2.34. The number of methoxy groups -OCH3 is 1. The predicted molar refractivity (Wildman–Crippen MR) is 102 cm³/mol. The Morgan fingerprint density at radius 1 is 1.15 bits per heavy atom. The number of halogens is 3. The number of aliphatic hydroxyl groups is 1. The molecule has 0 aromatic heterocycles. The molecule has 0 saturated heterocycles. The molecule has 0 aliphatic carbocycles. The van der Waals surface area contributed by atoms with Crippen molar-refractivity contribution in [3.63, 3.8) is 0 Å². The second-order valence-electron chi connectivity index (χ2n) is 6.48. The van der Waals surface area contributed by atoms with Crippen LogP contribution >= 0.6 is 23.2 Å². The maximum atomic E-state index is 13.9. The minimum atomic E-state index is -0.437. The molecule has 2 rings (SSSR count). The summed E-state index contributed by atoms with van der Waals surface area (Å²) in [5.41, 5.74) is 0.622. The van der Waals surface area contributed by atoms with Crippen molar-refractivity contribution < 1.29 is 19.0 Å². The third-order valence-electron chi connectivity index (χ3n) is 3.92. The van der Waals surface area contributed by atoms with E-state index < -0.39 is 11.4 Å². The van der Waals surface area contributed by atoms with E-state index in [2.05, 4.69) is 5.32 Å². The summed E-state index contributed by atoms with van der Waals surface area (Å²) in [4.78, 5) is 0. The van der Waals surface area contributed by atoms with Crippen molar-refractivity contribution in [2.24, 2.45) is 0 Å². The standard InChI is InChI=1S/C19H22Cl2FNO3/c1-19(2,11-24)23-9-12-7-17(25-3)18(8-15(12)21)26-10-13-14(20)5-4-6-16(13)22/h4-8,23-24H,9-11H2,1-3H3. The molecule has 0 heterocycles. The summed E-state index contributed by atoms with van der Waals surface area (Å²) in [5, 5.41) is 13.3. The van der Waals surface area contributed by atoms with Crippen LogP contribution in [0.15, 0.2) is 30.3 Å². The fourth-order valence-electron chi connectivity index (χ4n) is 2.20. The van der Waals surface area contributed by atoms with E-state index in [9.17, 15) is 9.50 Å². The van der Waals surface area contributed by atoms with Crippen molar-refractivity contribution in [2.45, 2.75) is 32.5 Å². The van der Waals surface area contributed by atoms with Gasteiger partial charge in [-0.3, -0.25) is 0 Å². The first-order valence-electron chi connectivity index (χ1n) is 8.05. The third-order valence-corrected chi connectivity index (χ3v) is 4.63. The van der Waals surface area contributed by atoms with Crippen LogP contribution in [0.25, 0.3) is 0 Å². The average molecular weight is 402 g/mol. The van der Waals surface area contributed by atoms with E-state index in [-0.39, 0.29) is 18.8 Å². The van der Waals surface area contributed by atoms with Gasteiger partial charge in [0.15, 0.2) is 11.5 Å². The summed E-state index contributed by atoms with van der Waals surface area (Å²) in [7, 11) is 1.51. The predicted octanol–water partition coefficient (Wildman–Crippen LogP) is 4.58. The van der Waals surface area contributed by atoms with Crippen LogP contribution in [-0.2, 0) is 13.2 Å². The van der Waals surface area contributed by atoms with Gasteiger partial charge in [-0.05, 0) is 37.6 Å². The highest BCUT2D eigenvalue weighted by Gasteiger charge is 2.18. The molecule has 142 valence electrons. The molecule has 0 saturated carbocycles. The van der Waals surface area contributed by atoms with E-state index in [1.807, 2.05) is 13.8 Å². The van der Waals surface area contributed by atoms with E-state index in [1.54, 1.807) is 18.2 Å². The summed E-state index contributed by atoms with van der Waals surface area (Å²) in [5.74, 6) is 0.428. The minimum Gasteiger partial charge on any atom is -0.493 e. The zero-order valence-electron chi connectivity index (χ0n) is 14.9. The molecule has 0 fully saturated rings. The Bertz CT molecular complexity index is 748. The molecule has 4 nitrogen and oxygen atoms in total. The van der Waals surface area contributed by atoms with Crippen LogP contribution in [-0.4, -0.2) is 24.4 Å². The van der Waals surface area contributed by atoms with E-state index in [0.717, 1.165) is 5.56 Å². The first-order valence-corrected chi connectivity index (χ1v) is 8.81. The van der Waals surface area contributed by atoms with Crippen molar-refractivity contribution in [1.29, 1.82) is 0 Å². The maximum Gasteiger partial charge on any atom is 0.163 e. The lowest BCUT2D eigenvalue weighted by Gasteiger charge is -2.24. The van der Waals surface area contributed by atoms with Crippen LogP contribution in [0.1, 0.15) is 25.0 Å². The molecule has 0 amide bonds. The van der Waals surface area contributed by atoms with Gasteiger partial charge in [0.05, 0.1) is 18.7 Å². The third kappa shape index (κ3) is 5.24. The smallest absolute Gasteiger partial charge is 0.163 e. The van der Waals surface area contributed by atoms with Crippen molar-refractivity contribution in [3.05, 3.63) is 57.3 Å². The van der Waals surface area contributed by atoms with Crippen molar-refractivity contribution in [2.75, 3.05) is 13.7 Å². The summed E-state index contributed by atoms with van der Waals surface area (Å²) < 4.78 is 24.9. The first kappa shape index (κ1) is 20.8. The molecule has 2 aromatic rings. The Morgan fingerprint density at radius 2 is 1.88 bits per heavy atom. The molecule has 0 aliphatic heterocycles. The number of benzene rings is 2. The van der Waals surface area contributed by atoms with E-state index >= 15 is 0 Å². The van der Waals surface area contributed by atoms with Crippen molar-refractivity contribution in [1.82, 2.24) is 5.32 Å². The number of rotatable bonds is 8. The van der Waals surface area contributed by atoms with Gasteiger partial charge in [-0.25, -0.2) is 4.39 Å². The van der Waals surface area contributed by atoms with Crippen LogP contribution in [0.4, 0.5) is 4.39 Å². The second kappa shape index (κ2) is 8.91. The number of nitrogens with one attached hydrogen (secondary N) is 1. The van der Waals surface area contributed by atoms with Gasteiger partial charge < -0.3 is 19.9 Å². The van der Waals surface area contributed by atoms with Crippen molar-refractivity contribution in [3.8, 4) is 11.5 Å². The molecule has 0 aliphatic rings. The summed E-state index contributed by atoms with van der Waals surface area (Å²) >= 11 is 12.4. The molecule has 2 aromatic carbocycles. The highest BCUT2D eigenvalue weighted by molar-refractivity contribution is 6.31. The maximum absolute atomic E-state index is 13.9. The molecular weight excluding hydrogens is 380 g/mol. The van der Waals surface area contributed by atoms with Crippen LogP contribution in [0, 0.1) is 5.82 Å². The fourth-order valence-corrected chi connectivity index (χ4v) is 2.63. The minimum absolute atomic E-state index is 0.00759. The molecule has 0 radical (unpaired) electrons. The lowest BCUT2D eigenvalue weighted by atomic mass is 10.1. The lowest BCUT2D eigenvalue weighted by Crippen LogP contribution is -2.42. The van der Waals surface area contributed by atoms with Crippen LogP contribution in [0.3, 0.4) is 0 Å². The monoisotopic (exact) mass is 401 g/mol. The molecule has 0 spiro atoms. The molecule has 7 heteroatoms. The molecule has 0 atom stereocenters.